The summed E-state index contributed by atoms with van der Waals surface area (Å²) in [7, 11) is 0. The second kappa shape index (κ2) is 4.38. The maximum absolute atomic E-state index is 5.91. The number of aryl methyl sites for hydroxylation is 2. The van der Waals surface area contributed by atoms with Crippen LogP contribution in [-0.2, 0) is 0 Å². The lowest BCUT2D eigenvalue weighted by atomic mass is 10.1. The number of nitrogens with one attached hydrogen (secondary N) is 1. The molecule has 0 saturated carbocycles. The average Bonchev–Trinajstić information content (AvgIpc) is 2.76. The quantitative estimate of drug-likeness (QED) is 0.661. The van der Waals surface area contributed by atoms with Crippen molar-refractivity contribution >= 4 is 32.7 Å². The molecule has 0 aliphatic rings. The summed E-state index contributed by atoms with van der Waals surface area (Å²) >= 11 is 3.40. The van der Waals surface area contributed by atoms with E-state index in [4.69, 9.17) is 5.73 Å². The highest BCUT2D eigenvalue weighted by Gasteiger charge is 2.08. The van der Waals surface area contributed by atoms with Crippen LogP contribution in [0.3, 0.4) is 0 Å². The fourth-order valence-electron chi connectivity index (χ4n) is 2.10. The van der Waals surface area contributed by atoms with E-state index in [-0.39, 0.29) is 0 Å². The molecule has 96 valence electrons. The van der Waals surface area contributed by atoms with Crippen LogP contribution >= 0.6 is 15.9 Å². The van der Waals surface area contributed by atoms with E-state index < -0.39 is 0 Å². The summed E-state index contributed by atoms with van der Waals surface area (Å²) in [6.07, 6.45) is 0. The topological polar surface area (TPSA) is 54.7 Å². The molecule has 0 atom stereocenters. The van der Waals surface area contributed by atoms with Gasteiger partial charge < -0.3 is 10.7 Å². The smallest absolute Gasteiger partial charge is 0.138 e. The summed E-state index contributed by atoms with van der Waals surface area (Å²) in [6, 6.07) is 10.1. The fourth-order valence-corrected chi connectivity index (χ4v) is 2.34. The molecule has 2 aromatic carbocycles. The molecule has 4 heteroatoms. The van der Waals surface area contributed by atoms with Crippen LogP contribution in [0.25, 0.3) is 22.4 Å². The van der Waals surface area contributed by atoms with Crippen LogP contribution in [0.5, 0.6) is 0 Å². The first-order valence-electron chi connectivity index (χ1n) is 6.07. The first kappa shape index (κ1) is 12.2. The number of hydrogen-bond acceptors (Lipinski definition) is 2. The van der Waals surface area contributed by atoms with Crippen LogP contribution in [0.1, 0.15) is 11.1 Å². The first-order valence-corrected chi connectivity index (χ1v) is 6.86. The van der Waals surface area contributed by atoms with E-state index in [9.17, 15) is 0 Å². The lowest BCUT2D eigenvalue weighted by Gasteiger charge is -2.00. The number of rotatable bonds is 1. The summed E-state index contributed by atoms with van der Waals surface area (Å²) in [5.74, 6) is 0.846. The highest BCUT2D eigenvalue weighted by molar-refractivity contribution is 9.10. The molecule has 1 aromatic heterocycles. The van der Waals surface area contributed by atoms with E-state index in [0.29, 0.717) is 5.69 Å². The fraction of sp³-hybridized carbons (Fsp3) is 0.133. The van der Waals surface area contributed by atoms with Crippen LogP contribution < -0.4 is 5.73 Å². The zero-order valence-electron chi connectivity index (χ0n) is 10.8. The van der Waals surface area contributed by atoms with Gasteiger partial charge in [-0.25, -0.2) is 4.98 Å². The first-order chi connectivity index (χ1) is 9.04. The third-order valence-electron chi connectivity index (χ3n) is 3.37. The van der Waals surface area contributed by atoms with Gasteiger partial charge in [0.05, 0.1) is 11.0 Å². The largest absolute Gasteiger partial charge is 0.398 e. The molecule has 0 saturated heterocycles. The van der Waals surface area contributed by atoms with Gasteiger partial charge >= 0.3 is 0 Å². The molecule has 0 unspecified atom stereocenters. The Kier molecular flexibility index (Phi) is 2.82. The van der Waals surface area contributed by atoms with Crippen molar-refractivity contribution in [1.82, 2.24) is 9.97 Å². The van der Waals surface area contributed by atoms with Crippen molar-refractivity contribution in [3.8, 4) is 11.4 Å². The Labute approximate surface area is 120 Å². The molecule has 0 amide bonds. The number of aromatic nitrogens is 2. The summed E-state index contributed by atoms with van der Waals surface area (Å²) in [6.45, 7) is 4.20. The number of nitrogens with two attached hydrogens (primary N) is 1. The maximum Gasteiger partial charge on any atom is 0.138 e. The Balaban J connectivity index is 2.17. The molecular weight excluding hydrogens is 302 g/mol. The number of fused-ring (bicyclic) bond motifs is 1. The molecule has 19 heavy (non-hydrogen) atoms. The third kappa shape index (κ3) is 2.12. The monoisotopic (exact) mass is 315 g/mol. The van der Waals surface area contributed by atoms with Gasteiger partial charge in [0, 0.05) is 15.7 Å². The Hall–Kier alpha value is -1.81. The number of nitrogens with zero attached hydrogens (tertiary/aromatic N) is 1. The van der Waals surface area contributed by atoms with Crippen molar-refractivity contribution in [2.45, 2.75) is 13.8 Å². The number of nitrogen functional groups attached to an aromatic ring is 1. The van der Waals surface area contributed by atoms with Crippen LogP contribution in [0.15, 0.2) is 34.8 Å². The Morgan fingerprint density at radius 2 is 1.84 bits per heavy atom. The predicted molar refractivity (Wildman–Crippen MR) is 83.1 cm³/mol. The summed E-state index contributed by atoms with van der Waals surface area (Å²) in [5.41, 5.74) is 12.2. The molecule has 0 fully saturated rings. The molecule has 3 aromatic rings. The number of H-pyrrole nitrogens is 1. The molecule has 0 aliphatic carbocycles. The van der Waals surface area contributed by atoms with Gasteiger partial charge in [-0.15, -0.1) is 0 Å². The molecule has 0 aliphatic heterocycles. The Morgan fingerprint density at radius 3 is 2.58 bits per heavy atom. The van der Waals surface area contributed by atoms with Crippen LogP contribution in [0.2, 0.25) is 0 Å². The summed E-state index contributed by atoms with van der Waals surface area (Å²) < 4.78 is 0.902. The number of anilines is 1. The van der Waals surface area contributed by atoms with Gasteiger partial charge in [-0.2, -0.15) is 0 Å². The van der Waals surface area contributed by atoms with Crippen LogP contribution in [0.4, 0.5) is 5.69 Å². The number of halogens is 1. The van der Waals surface area contributed by atoms with E-state index in [1.807, 2.05) is 18.2 Å². The molecule has 3 N–H and O–H groups in total. The van der Waals surface area contributed by atoms with Crippen molar-refractivity contribution in [2.75, 3.05) is 5.73 Å². The zero-order valence-corrected chi connectivity index (χ0v) is 12.4. The normalized spacial score (nSPS) is 11.1. The van der Waals surface area contributed by atoms with Gasteiger partial charge in [-0.1, -0.05) is 0 Å². The lowest BCUT2D eigenvalue weighted by Crippen LogP contribution is -1.88. The predicted octanol–water partition coefficient (Wildman–Crippen LogP) is 4.19. The highest BCUT2D eigenvalue weighted by atomic mass is 79.9. The minimum absolute atomic E-state index is 0.713. The molecule has 1 heterocycles. The minimum Gasteiger partial charge on any atom is -0.398 e. The SMILES string of the molecule is Cc1cc2nc(-c3ccc(Br)c(N)c3)[nH]c2cc1C. The number of hydrogen-bond donors (Lipinski definition) is 2. The van der Waals surface area contributed by atoms with Gasteiger partial charge in [-0.05, 0) is 71.2 Å². The maximum atomic E-state index is 5.91. The van der Waals surface area contributed by atoms with Crippen molar-refractivity contribution < 1.29 is 0 Å². The van der Waals surface area contributed by atoms with Crippen LogP contribution in [0, 0.1) is 13.8 Å². The molecular formula is C15H14BrN3. The molecule has 3 rings (SSSR count). The summed E-state index contributed by atoms with van der Waals surface area (Å²) in [5, 5.41) is 0. The molecule has 3 nitrogen and oxygen atoms in total. The van der Waals surface area contributed by atoms with Crippen molar-refractivity contribution in [2.24, 2.45) is 0 Å². The second-order valence-electron chi connectivity index (χ2n) is 4.78. The van der Waals surface area contributed by atoms with Gasteiger partial charge in [0.1, 0.15) is 5.82 Å². The molecule has 0 bridgehead atoms. The number of imidazole rings is 1. The van der Waals surface area contributed by atoms with Crippen molar-refractivity contribution in [1.29, 1.82) is 0 Å². The van der Waals surface area contributed by atoms with Gasteiger partial charge in [0.2, 0.25) is 0 Å². The average molecular weight is 316 g/mol. The minimum atomic E-state index is 0.713. The van der Waals surface area contributed by atoms with Crippen molar-refractivity contribution in [3.05, 3.63) is 45.9 Å². The number of benzene rings is 2. The zero-order chi connectivity index (χ0) is 13.6. The third-order valence-corrected chi connectivity index (χ3v) is 4.09. The van der Waals surface area contributed by atoms with E-state index in [1.165, 1.54) is 11.1 Å². The van der Waals surface area contributed by atoms with Crippen LogP contribution in [-0.4, -0.2) is 9.97 Å². The lowest BCUT2D eigenvalue weighted by molar-refractivity contribution is 1.33. The standard InChI is InChI=1S/C15H14BrN3/c1-8-5-13-14(6-9(8)2)19-15(18-13)10-3-4-11(16)12(17)7-10/h3-7H,17H2,1-2H3,(H,18,19). The second-order valence-corrected chi connectivity index (χ2v) is 5.63. The van der Waals surface area contributed by atoms with Gasteiger partial charge in [0.25, 0.3) is 0 Å². The Bertz CT molecular complexity index is 735. The number of aromatic amines is 1. The van der Waals surface area contributed by atoms with Gasteiger partial charge in [-0.3, -0.25) is 0 Å². The summed E-state index contributed by atoms with van der Waals surface area (Å²) in [4.78, 5) is 7.97. The highest BCUT2D eigenvalue weighted by Crippen LogP contribution is 2.27. The van der Waals surface area contributed by atoms with E-state index in [0.717, 1.165) is 26.9 Å². The molecule has 0 spiro atoms. The Morgan fingerprint density at radius 1 is 1.11 bits per heavy atom. The van der Waals surface area contributed by atoms with Gasteiger partial charge in [0.15, 0.2) is 0 Å². The van der Waals surface area contributed by atoms with E-state index in [2.05, 4.69) is 51.9 Å². The van der Waals surface area contributed by atoms with E-state index >= 15 is 0 Å². The van der Waals surface area contributed by atoms with E-state index in [1.54, 1.807) is 0 Å². The molecule has 0 radical (unpaired) electrons. The van der Waals surface area contributed by atoms with Crippen molar-refractivity contribution in [3.63, 3.8) is 0 Å².